The smallest absolute Gasteiger partial charge is 1.00 e. The summed E-state index contributed by atoms with van der Waals surface area (Å²) in [4.78, 5) is -1.05. The second-order valence-electron chi connectivity index (χ2n) is 3.79. The maximum absolute atomic E-state index is 11.3. The predicted molar refractivity (Wildman–Crippen MR) is 70.2 cm³/mol. The van der Waals surface area contributed by atoms with Gasteiger partial charge in [0.05, 0.1) is 5.69 Å². The van der Waals surface area contributed by atoms with E-state index in [-0.39, 0.29) is 78.4 Å². The van der Waals surface area contributed by atoms with Crippen molar-refractivity contribution in [3.05, 3.63) is 30.3 Å². The molecule has 0 aromatic heterocycles. The monoisotopic (exact) mass is 351 g/mol. The number of hydrogen-bond donors (Lipinski definition) is 3. The van der Waals surface area contributed by atoms with Gasteiger partial charge in [0.15, 0.2) is 0 Å². The third-order valence-corrected chi connectivity index (χ3v) is 4.42. The van der Waals surface area contributed by atoms with Crippen LogP contribution in [0.3, 0.4) is 0 Å². The van der Waals surface area contributed by atoms with Gasteiger partial charge in [-0.2, -0.15) is 16.8 Å². The molecule has 0 unspecified atom stereocenters. The van der Waals surface area contributed by atoms with Gasteiger partial charge in [0.25, 0.3) is 20.2 Å². The molecule has 0 atom stereocenters. The number of hydrogen-bond acceptors (Lipinski definition) is 5. The maximum Gasteiger partial charge on any atom is 1.00 e. The number of benzene rings is 2. The van der Waals surface area contributed by atoms with E-state index in [2.05, 4.69) is 0 Å². The minimum Gasteiger partial charge on any atom is -1.00 e. The summed E-state index contributed by atoms with van der Waals surface area (Å²) in [5, 5.41) is -0.135. The van der Waals surface area contributed by atoms with Gasteiger partial charge in [-0.1, -0.05) is 18.2 Å². The molecule has 0 saturated carbocycles. The van der Waals surface area contributed by atoms with Crippen molar-refractivity contribution >= 4 is 36.7 Å². The molecule has 106 valence electrons. The number of fused-ring (bicyclic) bond motifs is 1. The molecule has 21 heavy (non-hydrogen) atoms. The molecule has 0 aliphatic rings. The second-order valence-corrected chi connectivity index (χ2v) is 6.53. The summed E-state index contributed by atoms with van der Waals surface area (Å²) >= 11 is 0. The first-order chi connectivity index (χ1) is 8.62. The van der Waals surface area contributed by atoms with Crippen LogP contribution >= 0.6 is 0 Å². The first-order valence-corrected chi connectivity index (χ1v) is 7.76. The van der Waals surface area contributed by atoms with E-state index in [1.165, 1.54) is 18.2 Å². The van der Waals surface area contributed by atoms with Gasteiger partial charge < -0.3 is 8.59 Å². The zero-order valence-corrected chi connectivity index (χ0v) is 16.9. The summed E-state index contributed by atoms with van der Waals surface area (Å²) in [7, 11) is -9.15. The molecule has 2 rings (SSSR count). The Bertz CT molecular complexity index is 890. The quantitative estimate of drug-likeness (QED) is 0.281. The Morgan fingerprint density at radius 3 is 1.90 bits per heavy atom. The van der Waals surface area contributed by atoms with E-state index in [1.54, 1.807) is 0 Å². The van der Waals surface area contributed by atoms with Crippen LogP contribution in [0.1, 0.15) is 2.85 Å². The van der Waals surface area contributed by atoms with Crippen molar-refractivity contribution in [1.29, 1.82) is 0 Å². The molecule has 2 aromatic carbocycles. The van der Waals surface area contributed by atoms with E-state index < -0.39 is 30.0 Å². The van der Waals surface area contributed by atoms with Crippen LogP contribution in [0.5, 0.6) is 0 Å². The van der Waals surface area contributed by atoms with Crippen LogP contribution in [-0.2, 0) is 20.2 Å². The van der Waals surface area contributed by atoms with Crippen LogP contribution in [0.15, 0.2) is 40.1 Å². The molecule has 0 heterocycles. The van der Waals surface area contributed by atoms with E-state index in [9.17, 15) is 16.8 Å². The van der Waals surface area contributed by atoms with Crippen LogP contribution in [0.25, 0.3) is 10.8 Å². The Kier molecular flexibility index (Phi) is 7.37. The van der Waals surface area contributed by atoms with Crippen LogP contribution in [0, 0.1) is 0 Å². The molecule has 0 aliphatic carbocycles. The van der Waals surface area contributed by atoms with Crippen LogP contribution < -0.4 is 64.8 Å². The molecule has 0 spiro atoms. The molecule has 0 aliphatic heterocycles. The molecule has 0 fully saturated rings. The zero-order chi connectivity index (χ0) is 14.4. The summed E-state index contributed by atoms with van der Waals surface area (Å²) < 4.78 is 63.2. The summed E-state index contributed by atoms with van der Waals surface area (Å²) in [6, 6.07) is 6.02. The van der Waals surface area contributed by atoms with E-state index >= 15 is 0 Å². The molecule has 4 N–H and O–H groups in total. The van der Waals surface area contributed by atoms with Crippen LogP contribution in [0.2, 0.25) is 0 Å². The summed E-state index contributed by atoms with van der Waals surface area (Å²) in [5.74, 6) is 0. The van der Waals surface area contributed by atoms with Crippen LogP contribution in [-0.4, -0.2) is 25.9 Å². The van der Waals surface area contributed by atoms with E-state index in [1.807, 2.05) is 0 Å². The summed E-state index contributed by atoms with van der Waals surface area (Å²) in [6.45, 7) is 0. The number of anilines is 1. The van der Waals surface area contributed by atoms with Crippen LogP contribution in [0.4, 0.5) is 5.69 Å². The maximum atomic E-state index is 11.3. The summed E-state index contributed by atoms with van der Waals surface area (Å²) in [5.41, 5.74) is 5.26. The van der Waals surface area contributed by atoms with Gasteiger partial charge in [-0.3, -0.25) is 9.11 Å². The number of nitrogens with two attached hydrogens (primary N) is 1. The first-order valence-electron chi connectivity index (χ1n) is 4.88. The van der Waals surface area contributed by atoms with Gasteiger partial charge in [-0.15, -0.1) is 0 Å². The van der Waals surface area contributed by atoms with Crippen molar-refractivity contribution in [2.24, 2.45) is 0 Å². The van der Waals surface area contributed by atoms with Gasteiger partial charge in [0, 0.05) is 10.8 Å². The fraction of sp³-hybridized carbons (Fsp3) is 0. The topological polar surface area (TPSA) is 135 Å². The van der Waals surface area contributed by atoms with E-state index in [0.717, 1.165) is 12.1 Å². The Morgan fingerprint density at radius 2 is 1.43 bits per heavy atom. The van der Waals surface area contributed by atoms with Gasteiger partial charge in [0.2, 0.25) is 0 Å². The SMILES string of the molecule is Nc1ccc2c(S(=O)(=O)O)cccc2c1S(=O)(=O)O.[H-].[H-].[Na+].[Na+]. The zero-order valence-electron chi connectivity index (χ0n) is 13.3. The Morgan fingerprint density at radius 1 is 0.857 bits per heavy atom. The fourth-order valence-electron chi connectivity index (χ4n) is 1.83. The standard InChI is InChI=1S/C10H9NO6S2.2Na.2H/c11-8-5-4-6-7(10(8)19(15,16)17)2-1-3-9(6)18(12,13)14;;;;/h1-5H,11H2,(H,12,13,14)(H,15,16,17);;;;/q;2*+1;2*-1. The molecule has 0 amide bonds. The number of rotatable bonds is 2. The average molecular weight is 351 g/mol. The molecule has 0 bridgehead atoms. The number of nitrogen functional groups attached to an aromatic ring is 1. The van der Waals surface area contributed by atoms with Gasteiger partial charge >= 0.3 is 59.1 Å². The van der Waals surface area contributed by atoms with Gasteiger partial charge in [-0.05, 0) is 12.1 Å². The summed E-state index contributed by atoms with van der Waals surface area (Å²) in [6.07, 6.45) is 0. The third-order valence-electron chi connectivity index (χ3n) is 2.54. The fourth-order valence-corrected chi connectivity index (χ4v) is 3.36. The minimum absolute atomic E-state index is 0. The molecule has 0 radical (unpaired) electrons. The average Bonchev–Trinajstić information content (AvgIpc) is 2.24. The normalized spacial score (nSPS) is 11.5. The molecule has 0 saturated heterocycles. The minimum atomic E-state index is -4.62. The van der Waals surface area contributed by atoms with Crippen molar-refractivity contribution in [2.45, 2.75) is 9.79 Å². The molecule has 2 aromatic rings. The third kappa shape index (κ3) is 4.41. The molecular weight excluding hydrogens is 340 g/mol. The Hall–Kier alpha value is 0.320. The molecular formula is C10H11NNa2O6S2. The van der Waals surface area contributed by atoms with Gasteiger partial charge in [-0.25, -0.2) is 0 Å². The molecule has 11 heteroatoms. The van der Waals surface area contributed by atoms with E-state index in [0.29, 0.717) is 0 Å². The molecule has 7 nitrogen and oxygen atoms in total. The van der Waals surface area contributed by atoms with Crippen molar-refractivity contribution in [1.82, 2.24) is 0 Å². The van der Waals surface area contributed by atoms with Crippen molar-refractivity contribution in [3.8, 4) is 0 Å². The predicted octanol–water partition coefficient (Wildman–Crippen LogP) is -4.85. The Balaban J connectivity index is -0.000001000. The van der Waals surface area contributed by atoms with E-state index in [4.69, 9.17) is 14.8 Å². The van der Waals surface area contributed by atoms with Crippen molar-refractivity contribution in [2.75, 3.05) is 5.73 Å². The Labute approximate surface area is 169 Å². The van der Waals surface area contributed by atoms with Crippen molar-refractivity contribution in [3.63, 3.8) is 0 Å². The van der Waals surface area contributed by atoms with Gasteiger partial charge in [0.1, 0.15) is 9.79 Å². The largest absolute Gasteiger partial charge is 1.00 e. The first kappa shape index (κ1) is 21.3. The second kappa shape index (κ2) is 7.26. The van der Waals surface area contributed by atoms with Crippen molar-refractivity contribution < 1.29 is 87.9 Å².